The molecule has 21 heavy (non-hydrogen) atoms. The van der Waals surface area contributed by atoms with Crippen LogP contribution in [0.5, 0.6) is 0 Å². The van der Waals surface area contributed by atoms with Gasteiger partial charge in [0.15, 0.2) is 0 Å². The van der Waals surface area contributed by atoms with Crippen molar-refractivity contribution in [2.45, 2.75) is 57.9 Å². The van der Waals surface area contributed by atoms with Gasteiger partial charge in [-0.05, 0) is 57.4 Å². The largest absolute Gasteiger partial charge is 0.369 e. The molecule has 1 N–H and O–H groups in total. The number of rotatable bonds is 4. The highest BCUT2D eigenvalue weighted by molar-refractivity contribution is 5.54. The summed E-state index contributed by atoms with van der Waals surface area (Å²) in [5.74, 6) is -0.160. The van der Waals surface area contributed by atoms with E-state index in [0.717, 1.165) is 30.9 Å². The molecule has 4 heteroatoms. The summed E-state index contributed by atoms with van der Waals surface area (Å²) in [5.41, 5.74) is 2.01. The lowest BCUT2D eigenvalue weighted by atomic mass is 10.0. The van der Waals surface area contributed by atoms with Gasteiger partial charge in [-0.2, -0.15) is 0 Å². The number of hydrogen-bond donors (Lipinski definition) is 1. The molecule has 1 saturated heterocycles. The van der Waals surface area contributed by atoms with E-state index in [9.17, 15) is 4.39 Å². The molecule has 0 amide bonds. The summed E-state index contributed by atoms with van der Waals surface area (Å²) in [6, 6.07) is 5.76. The molecule has 1 heterocycles. The van der Waals surface area contributed by atoms with E-state index >= 15 is 0 Å². The van der Waals surface area contributed by atoms with E-state index in [1.807, 2.05) is 6.07 Å². The molecule has 1 unspecified atom stereocenters. The molecule has 0 bridgehead atoms. The molecular weight excluding hydrogens is 267 g/mol. The summed E-state index contributed by atoms with van der Waals surface area (Å²) < 4.78 is 19.6. The first-order chi connectivity index (χ1) is 9.93. The Morgan fingerprint density at radius 2 is 2.14 bits per heavy atom. The molecule has 0 radical (unpaired) electrons. The van der Waals surface area contributed by atoms with Gasteiger partial charge in [-0.15, -0.1) is 0 Å². The van der Waals surface area contributed by atoms with Crippen LogP contribution in [-0.2, 0) is 11.3 Å². The third-order valence-electron chi connectivity index (χ3n) is 4.11. The van der Waals surface area contributed by atoms with Crippen molar-refractivity contribution >= 4 is 5.69 Å². The second-order valence-corrected chi connectivity index (χ2v) is 7.00. The van der Waals surface area contributed by atoms with Gasteiger partial charge in [0, 0.05) is 31.4 Å². The minimum absolute atomic E-state index is 0.160. The maximum absolute atomic E-state index is 13.6. The third kappa shape index (κ3) is 3.74. The first kappa shape index (κ1) is 14.8. The second kappa shape index (κ2) is 5.58. The van der Waals surface area contributed by atoms with E-state index in [0.29, 0.717) is 6.04 Å². The lowest BCUT2D eigenvalue weighted by Crippen LogP contribution is -2.52. The van der Waals surface area contributed by atoms with Gasteiger partial charge in [-0.25, -0.2) is 4.39 Å². The number of nitrogens with zero attached hydrogens (tertiary/aromatic N) is 1. The lowest BCUT2D eigenvalue weighted by Gasteiger charge is -2.43. The number of hydrogen-bond acceptors (Lipinski definition) is 3. The van der Waals surface area contributed by atoms with Crippen molar-refractivity contribution < 1.29 is 9.13 Å². The molecule has 1 saturated carbocycles. The number of halogens is 1. The van der Waals surface area contributed by atoms with Gasteiger partial charge in [0.1, 0.15) is 5.82 Å². The van der Waals surface area contributed by atoms with Crippen molar-refractivity contribution in [1.29, 1.82) is 0 Å². The summed E-state index contributed by atoms with van der Waals surface area (Å²) >= 11 is 0. The fourth-order valence-corrected chi connectivity index (χ4v) is 3.18. The molecular formula is C17H25FN2O. The van der Waals surface area contributed by atoms with Crippen molar-refractivity contribution in [3.05, 3.63) is 29.6 Å². The Morgan fingerprint density at radius 3 is 2.81 bits per heavy atom. The van der Waals surface area contributed by atoms with E-state index in [2.05, 4.69) is 31.0 Å². The van der Waals surface area contributed by atoms with Crippen molar-refractivity contribution in [2.75, 3.05) is 18.0 Å². The van der Waals surface area contributed by atoms with Gasteiger partial charge >= 0.3 is 0 Å². The van der Waals surface area contributed by atoms with Gasteiger partial charge in [0.05, 0.1) is 11.7 Å². The SMILES string of the molecule is CC1CN(c2ccc(F)cc2CNC2CC2)CC(C)(C)O1. The smallest absolute Gasteiger partial charge is 0.123 e. The van der Waals surface area contributed by atoms with Crippen molar-refractivity contribution in [3.63, 3.8) is 0 Å². The van der Waals surface area contributed by atoms with Crippen molar-refractivity contribution in [2.24, 2.45) is 0 Å². The number of anilines is 1. The van der Waals surface area contributed by atoms with Crippen LogP contribution in [0.1, 0.15) is 39.2 Å². The Morgan fingerprint density at radius 1 is 1.38 bits per heavy atom. The zero-order valence-corrected chi connectivity index (χ0v) is 13.2. The first-order valence-corrected chi connectivity index (χ1v) is 7.87. The molecule has 116 valence electrons. The average Bonchev–Trinajstić information content (AvgIpc) is 3.17. The molecule has 0 spiro atoms. The van der Waals surface area contributed by atoms with Gasteiger partial charge in [0.2, 0.25) is 0 Å². The van der Waals surface area contributed by atoms with Gasteiger partial charge in [0.25, 0.3) is 0 Å². The van der Waals surface area contributed by atoms with Crippen LogP contribution in [0.15, 0.2) is 18.2 Å². The standard InChI is InChI=1S/C17H25FN2O/c1-12-10-20(11-17(2,3)21-12)16-7-4-14(18)8-13(16)9-19-15-5-6-15/h4,7-8,12,15,19H,5-6,9-11H2,1-3H3. The highest BCUT2D eigenvalue weighted by Crippen LogP contribution is 2.30. The molecule has 1 atom stereocenters. The minimum Gasteiger partial charge on any atom is -0.369 e. The van der Waals surface area contributed by atoms with Crippen LogP contribution in [0.4, 0.5) is 10.1 Å². The van der Waals surface area contributed by atoms with E-state index in [4.69, 9.17) is 4.74 Å². The predicted molar refractivity (Wildman–Crippen MR) is 83.1 cm³/mol. The Labute approximate surface area is 126 Å². The Balaban J connectivity index is 1.82. The first-order valence-electron chi connectivity index (χ1n) is 7.87. The Bertz CT molecular complexity index is 514. The normalized spacial score (nSPS) is 25.1. The topological polar surface area (TPSA) is 24.5 Å². The summed E-state index contributed by atoms with van der Waals surface area (Å²) in [6.07, 6.45) is 2.67. The van der Waals surface area contributed by atoms with E-state index < -0.39 is 0 Å². The van der Waals surface area contributed by atoms with Crippen LogP contribution < -0.4 is 10.2 Å². The second-order valence-electron chi connectivity index (χ2n) is 7.00. The van der Waals surface area contributed by atoms with Crippen LogP contribution in [0, 0.1) is 5.82 Å². The average molecular weight is 292 g/mol. The van der Waals surface area contributed by atoms with Crippen molar-refractivity contribution in [3.8, 4) is 0 Å². The molecule has 2 aliphatic rings. The number of ether oxygens (including phenoxy) is 1. The van der Waals surface area contributed by atoms with Crippen LogP contribution in [0.25, 0.3) is 0 Å². The zero-order chi connectivity index (χ0) is 15.0. The summed E-state index contributed by atoms with van der Waals surface area (Å²) in [6.45, 7) is 8.75. The molecule has 1 aliphatic carbocycles. The molecule has 1 aromatic carbocycles. The van der Waals surface area contributed by atoms with Crippen LogP contribution in [-0.4, -0.2) is 30.8 Å². The summed E-state index contributed by atoms with van der Waals surface area (Å²) in [7, 11) is 0. The summed E-state index contributed by atoms with van der Waals surface area (Å²) in [5, 5.41) is 3.49. The molecule has 3 rings (SSSR count). The van der Waals surface area contributed by atoms with Crippen LogP contribution in [0.2, 0.25) is 0 Å². The molecule has 0 aromatic heterocycles. The molecule has 1 aliphatic heterocycles. The van der Waals surface area contributed by atoms with Crippen molar-refractivity contribution in [1.82, 2.24) is 5.32 Å². The van der Waals surface area contributed by atoms with Gasteiger partial charge < -0.3 is 15.0 Å². The maximum atomic E-state index is 13.6. The number of benzene rings is 1. The lowest BCUT2D eigenvalue weighted by molar-refractivity contribution is -0.0750. The molecule has 1 aromatic rings. The fraction of sp³-hybridized carbons (Fsp3) is 0.647. The highest BCUT2D eigenvalue weighted by atomic mass is 19.1. The predicted octanol–water partition coefficient (Wildman–Crippen LogP) is 3.08. The fourth-order valence-electron chi connectivity index (χ4n) is 3.18. The minimum atomic E-state index is -0.173. The molecule has 2 fully saturated rings. The zero-order valence-electron chi connectivity index (χ0n) is 13.2. The Kier molecular flexibility index (Phi) is 3.93. The van der Waals surface area contributed by atoms with E-state index in [-0.39, 0.29) is 17.5 Å². The molecule has 3 nitrogen and oxygen atoms in total. The van der Waals surface area contributed by atoms with Crippen LogP contribution in [0.3, 0.4) is 0 Å². The quantitative estimate of drug-likeness (QED) is 0.923. The van der Waals surface area contributed by atoms with Crippen LogP contribution >= 0.6 is 0 Å². The Hall–Kier alpha value is -1.13. The van der Waals surface area contributed by atoms with E-state index in [1.54, 1.807) is 12.1 Å². The number of nitrogens with one attached hydrogen (secondary N) is 1. The summed E-state index contributed by atoms with van der Waals surface area (Å²) in [4.78, 5) is 2.33. The van der Waals surface area contributed by atoms with Gasteiger partial charge in [-0.1, -0.05) is 0 Å². The number of morpholine rings is 1. The highest BCUT2D eigenvalue weighted by Gasteiger charge is 2.32. The van der Waals surface area contributed by atoms with Gasteiger partial charge in [-0.3, -0.25) is 0 Å². The third-order valence-corrected chi connectivity index (χ3v) is 4.11. The monoisotopic (exact) mass is 292 g/mol. The maximum Gasteiger partial charge on any atom is 0.123 e. The van der Waals surface area contributed by atoms with E-state index in [1.165, 1.54) is 12.8 Å².